The molecule has 0 spiro atoms. The van der Waals surface area contributed by atoms with Gasteiger partial charge < -0.3 is 0 Å². The minimum Gasteiger partial charge on any atom is -0.296 e. The van der Waals surface area contributed by atoms with Crippen molar-refractivity contribution in [1.29, 1.82) is 0 Å². The number of aromatic nitrogens is 3. The second-order valence-electron chi connectivity index (χ2n) is 5.06. The lowest BCUT2D eigenvalue weighted by Crippen LogP contribution is -2.21. The average molecular weight is 300 g/mol. The van der Waals surface area contributed by atoms with Gasteiger partial charge in [0.2, 0.25) is 4.96 Å². The molecule has 0 aliphatic heterocycles. The van der Waals surface area contributed by atoms with E-state index in [2.05, 4.69) is 27.1 Å². The largest absolute Gasteiger partial charge is 0.296 e. The highest BCUT2D eigenvalue weighted by atomic mass is 32.1. The van der Waals surface area contributed by atoms with Crippen LogP contribution in [0.15, 0.2) is 41.2 Å². The van der Waals surface area contributed by atoms with Gasteiger partial charge >= 0.3 is 0 Å². The van der Waals surface area contributed by atoms with E-state index < -0.39 is 0 Å². The van der Waals surface area contributed by atoms with Crippen molar-refractivity contribution < 1.29 is 0 Å². The van der Waals surface area contributed by atoms with Crippen molar-refractivity contribution >= 4 is 16.3 Å². The molecule has 2 heterocycles. The standard InChI is InChI=1S/C15H16N4OS/c1-11-17-19-14(20)8-13(16-15(19)21-11)10-18(2)9-12-6-4-3-5-7-12/h3-8H,9-10H2,1-2H3. The number of benzene rings is 1. The van der Waals surface area contributed by atoms with Gasteiger partial charge in [0.1, 0.15) is 5.01 Å². The molecule has 108 valence electrons. The van der Waals surface area contributed by atoms with Gasteiger partial charge in [-0.2, -0.15) is 9.61 Å². The molecule has 6 heteroatoms. The number of hydrogen-bond donors (Lipinski definition) is 0. The summed E-state index contributed by atoms with van der Waals surface area (Å²) in [5.41, 5.74) is 1.90. The number of aryl methyl sites for hydroxylation is 1. The third-order valence-corrected chi connectivity index (χ3v) is 3.95. The Morgan fingerprint density at radius 1 is 1.24 bits per heavy atom. The molecule has 0 radical (unpaired) electrons. The van der Waals surface area contributed by atoms with Gasteiger partial charge in [-0.25, -0.2) is 4.98 Å². The number of hydrogen-bond acceptors (Lipinski definition) is 5. The van der Waals surface area contributed by atoms with Crippen LogP contribution in [-0.2, 0) is 13.1 Å². The van der Waals surface area contributed by atoms with Crippen molar-refractivity contribution in [2.75, 3.05) is 7.05 Å². The molecule has 0 N–H and O–H groups in total. The molecule has 0 amide bonds. The summed E-state index contributed by atoms with van der Waals surface area (Å²) in [5.74, 6) is 0. The molecule has 1 aromatic carbocycles. The number of nitrogens with zero attached hydrogens (tertiary/aromatic N) is 4. The highest BCUT2D eigenvalue weighted by Crippen LogP contribution is 2.11. The Bertz CT molecular complexity index is 809. The number of rotatable bonds is 4. The lowest BCUT2D eigenvalue weighted by atomic mass is 10.2. The van der Waals surface area contributed by atoms with E-state index in [9.17, 15) is 4.79 Å². The monoisotopic (exact) mass is 300 g/mol. The quantitative estimate of drug-likeness (QED) is 0.740. The molecule has 0 atom stereocenters. The fourth-order valence-electron chi connectivity index (χ4n) is 2.26. The van der Waals surface area contributed by atoms with Gasteiger partial charge in [0.15, 0.2) is 0 Å². The van der Waals surface area contributed by atoms with Gasteiger partial charge in [-0.05, 0) is 19.5 Å². The summed E-state index contributed by atoms with van der Waals surface area (Å²) in [6.45, 7) is 3.33. The summed E-state index contributed by atoms with van der Waals surface area (Å²) in [5, 5.41) is 4.99. The van der Waals surface area contributed by atoms with Gasteiger partial charge in [-0.3, -0.25) is 9.69 Å². The van der Waals surface area contributed by atoms with Crippen LogP contribution in [0, 0.1) is 6.92 Å². The predicted octanol–water partition coefficient (Wildman–Crippen LogP) is 2.09. The molecule has 0 bridgehead atoms. The Morgan fingerprint density at radius 3 is 2.76 bits per heavy atom. The van der Waals surface area contributed by atoms with E-state index in [-0.39, 0.29) is 5.56 Å². The zero-order valence-corrected chi connectivity index (χ0v) is 12.8. The molecule has 2 aromatic heterocycles. The van der Waals surface area contributed by atoms with Crippen LogP contribution in [0.4, 0.5) is 0 Å². The Labute approximate surface area is 126 Å². The normalized spacial score (nSPS) is 11.4. The van der Waals surface area contributed by atoms with Crippen LogP contribution in [0.2, 0.25) is 0 Å². The zero-order valence-electron chi connectivity index (χ0n) is 12.0. The first-order valence-electron chi connectivity index (χ1n) is 6.71. The molecule has 3 rings (SSSR count). The zero-order chi connectivity index (χ0) is 14.8. The van der Waals surface area contributed by atoms with Crippen molar-refractivity contribution in [3.05, 3.63) is 63.0 Å². The fraction of sp³-hybridized carbons (Fsp3) is 0.267. The van der Waals surface area contributed by atoms with Crippen molar-refractivity contribution in [2.45, 2.75) is 20.0 Å². The third-order valence-electron chi connectivity index (χ3n) is 3.13. The van der Waals surface area contributed by atoms with E-state index in [4.69, 9.17) is 0 Å². The molecule has 0 unspecified atom stereocenters. The summed E-state index contributed by atoms with van der Waals surface area (Å²) < 4.78 is 1.36. The van der Waals surface area contributed by atoms with E-state index in [1.165, 1.54) is 21.4 Å². The molecule has 0 aliphatic rings. The smallest absolute Gasteiger partial charge is 0.275 e. The molecule has 3 aromatic rings. The topological polar surface area (TPSA) is 50.5 Å². The van der Waals surface area contributed by atoms with Crippen LogP contribution in [-0.4, -0.2) is 26.5 Å². The van der Waals surface area contributed by atoms with Crippen LogP contribution < -0.4 is 5.56 Å². The summed E-state index contributed by atoms with van der Waals surface area (Å²) in [6, 6.07) is 11.8. The van der Waals surface area contributed by atoms with Crippen molar-refractivity contribution in [2.24, 2.45) is 0 Å². The highest BCUT2D eigenvalue weighted by Gasteiger charge is 2.09. The van der Waals surface area contributed by atoms with Gasteiger partial charge in [0.25, 0.3) is 5.56 Å². The molecular weight excluding hydrogens is 284 g/mol. The fourth-order valence-corrected chi connectivity index (χ4v) is 3.03. The summed E-state index contributed by atoms with van der Waals surface area (Å²) >= 11 is 1.43. The highest BCUT2D eigenvalue weighted by molar-refractivity contribution is 7.16. The molecule has 0 saturated heterocycles. The molecular formula is C15H16N4OS. The summed E-state index contributed by atoms with van der Waals surface area (Å²) in [6.07, 6.45) is 0. The lowest BCUT2D eigenvalue weighted by Gasteiger charge is -2.15. The molecule has 0 fully saturated rings. The number of fused-ring (bicyclic) bond motifs is 1. The minimum absolute atomic E-state index is 0.118. The predicted molar refractivity (Wildman–Crippen MR) is 83.5 cm³/mol. The second kappa shape index (κ2) is 5.75. The maximum Gasteiger partial charge on any atom is 0.275 e. The van der Waals surface area contributed by atoms with E-state index in [0.29, 0.717) is 11.5 Å². The van der Waals surface area contributed by atoms with Crippen LogP contribution in [0.5, 0.6) is 0 Å². The molecule has 0 aliphatic carbocycles. The average Bonchev–Trinajstić information content (AvgIpc) is 2.81. The SMILES string of the molecule is Cc1nn2c(=O)cc(CN(C)Cc3ccccc3)nc2s1. The second-order valence-corrected chi connectivity index (χ2v) is 6.22. The maximum atomic E-state index is 12.0. The van der Waals surface area contributed by atoms with E-state index in [1.807, 2.05) is 32.2 Å². The van der Waals surface area contributed by atoms with Gasteiger partial charge in [0.05, 0.1) is 5.69 Å². The van der Waals surface area contributed by atoms with Crippen molar-refractivity contribution in [1.82, 2.24) is 19.5 Å². The first-order valence-corrected chi connectivity index (χ1v) is 7.52. The van der Waals surface area contributed by atoms with Crippen LogP contribution in [0.1, 0.15) is 16.3 Å². The molecule has 5 nitrogen and oxygen atoms in total. The van der Waals surface area contributed by atoms with E-state index in [0.717, 1.165) is 17.2 Å². The maximum absolute atomic E-state index is 12.0. The molecule has 21 heavy (non-hydrogen) atoms. The van der Waals surface area contributed by atoms with E-state index in [1.54, 1.807) is 6.07 Å². The Balaban J connectivity index is 1.79. The van der Waals surface area contributed by atoms with E-state index >= 15 is 0 Å². The first kappa shape index (κ1) is 13.9. The van der Waals surface area contributed by atoms with Crippen molar-refractivity contribution in [3.8, 4) is 0 Å². The van der Waals surface area contributed by atoms with Crippen LogP contribution in [0.25, 0.3) is 4.96 Å². The Kier molecular flexibility index (Phi) is 3.81. The third kappa shape index (κ3) is 3.17. The van der Waals surface area contributed by atoms with Gasteiger partial charge in [-0.1, -0.05) is 41.7 Å². The minimum atomic E-state index is -0.118. The first-order chi connectivity index (χ1) is 10.1. The van der Waals surface area contributed by atoms with Gasteiger partial charge in [0, 0.05) is 19.2 Å². The Morgan fingerprint density at radius 2 is 2.00 bits per heavy atom. The lowest BCUT2D eigenvalue weighted by molar-refractivity contribution is 0.315. The van der Waals surface area contributed by atoms with Gasteiger partial charge in [-0.15, -0.1) is 0 Å². The summed E-state index contributed by atoms with van der Waals surface area (Å²) in [4.78, 5) is 19.3. The van der Waals surface area contributed by atoms with Crippen LogP contribution >= 0.6 is 11.3 Å². The summed E-state index contributed by atoms with van der Waals surface area (Å²) in [7, 11) is 2.02. The van der Waals surface area contributed by atoms with Crippen LogP contribution in [0.3, 0.4) is 0 Å². The Hall–Kier alpha value is -2.05. The van der Waals surface area contributed by atoms with Crippen molar-refractivity contribution in [3.63, 3.8) is 0 Å². The molecule has 0 saturated carbocycles.